The number of fused-ring (bicyclic) bond motifs is 1. The highest BCUT2D eigenvalue weighted by atomic mass is 16.5. The Morgan fingerprint density at radius 2 is 2.04 bits per heavy atom. The standard InChI is InChI=1S/C20H26N4O2/c1-16-6-2-3-7-19(16)26-15-20(25)23-13-17-8-9-21-24(17)18(14-23)12-22-10-4-5-11-22/h2-3,6-9,18H,4-5,10-15H2,1H3/t18-/m1/s1. The van der Waals surface area contributed by atoms with Gasteiger partial charge in [0.15, 0.2) is 6.61 Å². The molecule has 0 N–H and O–H groups in total. The first-order valence-corrected chi connectivity index (χ1v) is 9.41. The van der Waals surface area contributed by atoms with Crippen molar-refractivity contribution < 1.29 is 9.53 Å². The summed E-state index contributed by atoms with van der Waals surface area (Å²) in [6.45, 7) is 6.63. The fraction of sp³-hybridized carbons (Fsp3) is 0.500. The normalized spacial score (nSPS) is 20.2. The van der Waals surface area contributed by atoms with Gasteiger partial charge in [0.05, 0.1) is 18.3 Å². The molecular weight excluding hydrogens is 328 g/mol. The summed E-state index contributed by atoms with van der Waals surface area (Å²) in [5.74, 6) is 0.809. The summed E-state index contributed by atoms with van der Waals surface area (Å²) in [7, 11) is 0. The molecule has 26 heavy (non-hydrogen) atoms. The molecule has 1 amide bonds. The molecule has 1 atom stereocenters. The van der Waals surface area contributed by atoms with Crippen LogP contribution in [0, 0.1) is 6.92 Å². The van der Waals surface area contributed by atoms with Gasteiger partial charge in [0.1, 0.15) is 5.75 Å². The van der Waals surface area contributed by atoms with Crippen molar-refractivity contribution in [1.82, 2.24) is 19.6 Å². The Morgan fingerprint density at radius 1 is 1.23 bits per heavy atom. The monoisotopic (exact) mass is 354 g/mol. The minimum absolute atomic E-state index is 0.0344. The second kappa shape index (κ2) is 7.50. The molecule has 0 unspecified atom stereocenters. The molecule has 2 aliphatic rings. The van der Waals surface area contributed by atoms with E-state index in [1.54, 1.807) is 0 Å². The smallest absolute Gasteiger partial charge is 0.260 e. The lowest BCUT2D eigenvalue weighted by atomic mass is 10.1. The maximum absolute atomic E-state index is 12.8. The van der Waals surface area contributed by atoms with E-state index in [1.165, 1.54) is 12.8 Å². The zero-order valence-electron chi connectivity index (χ0n) is 15.3. The van der Waals surface area contributed by atoms with Gasteiger partial charge in [-0.1, -0.05) is 18.2 Å². The zero-order valence-corrected chi connectivity index (χ0v) is 15.3. The maximum Gasteiger partial charge on any atom is 0.260 e. The number of hydrogen-bond acceptors (Lipinski definition) is 4. The molecule has 6 heteroatoms. The Morgan fingerprint density at radius 3 is 2.85 bits per heavy atom. The van der Waals surface area contributed by atoms with Gasteiger partial charge in [0.25, 0.3) is 5.91 Å². The number of nitrogens with zero attached hydrogens (tertiary/aromatic N) is 4. The molecule has 3 heterocycles. The molecule has 1 fully saturated rings. The number of para-hydroxylation sites is 1. The SMILES string of the molecule is Cc1ccccc1OCC(=O)N1Cc2ccnn2[C@H](CN2CCCC2)C1. The summed E-state index contributed by atoms with van der Waals surface area (Å²) in [6, 6.07) is 10.0. The number of ether oxygens (including phenoxy) is 1. The van der Waals surface area contributed by atoms with E-state index in [2.05, 4.69) is 14.7 Å². The predicted octanol–water partition coefficient (Wildman–Crippen LogP) is 2.25. The molecule has 1 aromatic carbocycles. The highest BCUT2D eigenvalue weighted by molar-refractivity contribution is 5.78. The Balaban J connectivity index is 1.41. The van der Waals surface area contributed by atoms with Crippen molar-refractivity contribution in [3.8, 4) is 5.75 Å². The first-order valence-electron chi connectivity index (χ1n) is 9.41. The second-order valence-electron chi connectivity index (χ2n) is 7.26. The van der Waals surface area contributed by atoms with E-state index in [0.29, 0.717) is 13.1 Å². The number of carbonyl (C=O) groups is 1. The zero-order chi connectivity index (χ0) is 17.9. The van der Waals surface area contributed by atoms with Crippen LogP contribution in [-0.4, -0.2) is 58.3 Å². The summed E-state index contributed by atoms with van der Waals surface area (Å²) in [6.07, 6.45) is 4.38. The van der Waals surface area contributed by atoms with Crippen LogP contribution in [0.4, 0.5) is 0 Å². The quantitative estimate of drug-likeness (QED) is 0.826. The van der Waals surface area contributed by atoms with Crippen molar-refractivity contribution in [2.75, 3.05) is 32.8 Å². The Bertz CT molecular complexity index is 767. The first-order chi connectivity index (χ1) is 12.7. The molecular formula is C20H26N4O2. The van der Waals surface area contributed by atoms with Crippen molar-refractivity contribution in [2.45, 2.75) is 32.4 Å². The highest BCUT2D eigenvalue weighted by Crippen LogP contribution is 2.23. The molecule has 0 spiro atoms. The summed E-state index contributed by atoms with van der Waals surface area (Å²) in [5, 5.41) is 4.50. The summed E-state index contributed by atoms with van der Waals surface area (Å²) in [5.41, 5.74) is 2.15. The van der Waals surface area contributed by atoms with Gasteiger partial charge in [-0.05, 0) is 50.6 Å². The summed E-state index contributed by atoms with van der Waals surface area (Å²) >= 11 is 0. The fourth-order valence-electron chi connectivity index (χ4n) is 3.92. The van der Waals surface area contributed by atoms with E-state index in [-0.39, 0.29) is 18.6 Å². The third-order valence-corrected chi connectivity index (χ3v) is 5.35. The number of hydrogen-bond donors (Lipinski definition) is 0. The van der Waals surface area contributed by atoms with Gasteiger partial charge in [0.2, 0.25) is 0 Å². The molecule has 6 nitrogen and oxygen atoms in total. The van der Waals surface area contributed by atoms with Crippen molar-refractivity contribution in [3.05, 3.63) is 47.8 Å². The van der Waals surface area contributed by atoms with Gasteiger partial charge in [-0.2, -0.15) is 5.10 Å². The van der Waals surface area contributed by atoms with Crippen LogP contribution in [0.25, 0.3) is 0 Å². The molecule has 138 valence electrons. The van der Waals surface area contributed by atoms with E-state index < -0.39 is 0 Å². The van der Waals surface area contributed by atoms with Crippen LogP contribution < -0.4 is 4.74 Å². The van der Waals surface area contributed by atoms with E-state index in [4.69, 9.17) is 4.74 Å². The number of benzene rings is 1. The van der Waals surface area contributed by atoms with Gasteiger partial charge >= 0.3 is 0 Å². The van der Waals surface area contributed by atoms with Crippen LogP contribution >= 0.6 is 0 Å². The van der Waals surface area contributed by atoms with Gasteiger partial charge in [-0.25, -0.2) is 0 Å². The van der Waals surface area contributed by atoms with E-state index in [1.807, 2.05) is 48.4 Å². The van der Waals surface area contributed by atoms with Gasteiger partial charge < -0.3 is 14.5 Å². The average molecular weight is 354 g/mol. The van der Waals surface area contributed by atoms with Crippen LogP contribution in [0.15, 0.2) is 36.5 Å². The molecule has 0 radical (unpaired) electrons. The maximum atomic E-state index is 12.8. The largest absolute Gasteiger partial charge is 0.484 e. The molecule has 4 rings (SSSR count). The van der Waals surface area contributed by atoms with E-state index in [0.717, 1.165) is 36.6 Å². The summed E-state index contributed by atoms with van der Waals surface area (Å²) in [4.78, 5) is 17.1. The molecule has 0 saturated carbocycles. The third-order valence-electron chi connectivity index (χ3n) is 5.35. The van der Waals surface area contributed by atoms with Gasteiger partial charge in [0, 0.05) is 19.3 Å². The van der Waals surface area contributed by atoms with E-state index in [9.17, 15) is 4.79 Å². The van der Waals surface area contributed by atoms with Crippen LogP contribution in [0.1, 0.15) is 30.1 Å². The lowest BCUT2D eigenvalue weighted by molar-refractivity contribution is -0.135. The lowest BCUT2D eigenvalue weighted by Crippen LogP contribution is -2.46. The van der Waals surface area contributed by atoms with Crippen LogP contribution in [0.5, 0.6) is 5.75 Å². The predicted molar refractivity (Wildman–Crippen MR) is 99.0 cm³/mol. The average Bonchev–Trinajstić information content (AvgIpc) is 3.32. The second-order valence-corrected chi connectivity index (χ2v) is 7.26. The number of rotatable bonds is 5. The Kier molecular flexibility index (Phi) is 4.93. The molecule has 2 aliphatic heterocycles. The van der Waals surface area contributed by atoms with Crippen LogP contribution in [-0.2, 0) is 11.3 Å². The van der Waals surface area contributed by atoms with Crippen LogP contribution in [0.2, 0.25) is 0 Å². The van der Waals surface area contributed by atoms with Crippen molar-refractivity contribution in [2.24, 2.45) is 0 Å². The highest BCUT2D eigenvalue weighted by Gasteiger charge is 2.30. The summed E-state index contributed by atoms with van der Waals surface area (Å²) < 4.78 is 7.87. The number of likely N-dealkylation sites (tertiary alicyclic amines) is 1. The Labute approximate surface area is 154 Å². The number of aryl methyl sites for hydroxylation is 1. The molecule has 1 aromatic heterocycles. The van der Waals surface area contributed by atoms with E-state index >= 15 is 0 Å². The minimum atomic E-state index is 0.0344. The molecule has 1 saturated heterocycles. The molecule has 0 aliphatic carbocycles. The van der Waals surface area contributed by atoms with Crippen molar-refractivity contribution in [3.63, 3.8) is 0 Å². The number of amides is 1. The lowest BCUT2D eigenvalue weighted by Gasteiger charge is -2.35. The molecule has 2 aromatic rings. The van der Waals surface area contributed by atoms with Gasteiger partial charge in [-0.15, -0.1) is 0 Å². The van der Waals surface area contributed by atoms with Crippen molar-refractivity contribution >= 4 is 5.91 Å². The first kappa shape index (κ1) is 17.1. The Hall–Kier alpha value is -2.34. The minimum Gasteiger partial charge on any atom is -0.484 e. The van der Waals surface area contributed by atoms with Gasteiger partial charge in [-0.3, -0.25) is 9.48 Å². The fourth-order valence-corrected chi connectivity index (χ4v) is 3.92. The molecule has 0 bridgehead atoms. The van der Waals surface area contributed by atoms with Crippen molar-refractivity contribution in [1.29, 1.82) is 0 Å². The number of aromatic nitrogens is 2. The number of carbonyl (C=O) groups excluding carboxylic acids is 1. The third kappa shape index (κ3) is 3.60. The van der Waals surface area contributed by atoms with Crippen LogP contribution in [0.3, 0.4) is 0 Å². The topological polar surface area (TPSA) is 50.6 Å².